The van der Waals surface area contributed by atoms with Crippen molar-refractivity contribution in [1.82, 2.24) is 14.7 Å². The Bertz CT molecular complexity index is 469. The first kappa shape index (κ1) is 13.5. The number of hydrogen-bond acceptors (Lipinski definition) is 5. The number of carbonyl (C=O) groups excluding carboxylic acids is 2. The first-order valence-corrected chi connectivity index (χ1v) is 6.47. The summed E-state index contributed by atoms with van der Waals surface area (Å²) in [5, 5.41) is 0. The SMILES string of the molecule is CCCN1C(=O)C2N=C(N(C)C)N=C2N(CC)C1=O. The van der Waals surface area contributed by atoms with Crippen LogP contribution in [0.5, 0.6) is 0 Å². The Morgan fingerprint density at radius 2 is 1.89 bits per heavy atom. The van der Waals surface area contributed by atoms with Gasteiger partial charge in [-0.2, -0.15) is 4.99 Å². The van der Waals surface area contributed by atoms with Crippen molar-refractivity contribution in [1.29, 1.82) is 0 Å². The van der Waals surface area contributed by atoms with Gasteiger partial charge in [0, 0.05) is 27.2 Å². The van der Waals surface area contributed by atoms with Crippen molar-refractivity contribution in [3.63, 3.8) is 0 Å². The lowest BCUT2D eigenvalue weighted by Gasteiger charge is -2.35. The first-order valence-electron chi connectivity index (χ1n) is 6.47. The van der Waals surface area contributed by atoms with E-state index >= 15 is 0 Å². The molecule has 0 bridgehead atoms. The highest BCUT2D eigenvalue weighted by molar-refractivity contribution is 6.25. The van der Waals surface area contributed by atoms with Crippen LogP contribution in [-0.2, 0) is 4.79 Å². The van der Waals surface area contributed by atoms with Gasteiger partial charge in [-0.15, -0.1) is 0 Å². The van der Waals surface area contributed by atoms with E-state index in [1.54, 1.807) is 4.90 Å². The summed E-state index contributed by atoms with van der Waals surface area (Å²) in [6.45, 7) is 4.71. The fourth-order valence-corrected chi connectivity index (χ4v) is 2.17. The highest BCUT2D eigenvalue weighted by atomic mass is 16.2. The number of carbonyl (C=O) groups is 2. The second-order valence-electron chi connectivity index (χ2n) is 4.71. The van der Waals surface area contributed by atoms with E-state index in [4.69, 9.17) is 0 Å². The summed E-state index contributed by atoms with van der Waals surface area (Å²) in [4.78, 5) is 37.7. The van der Waals surface area contributed by atoms with Gasteiger partial charge in [-0.25, -0.2) is 9.79 Å². The lowest BCUT2D eigenvalue weighted by Crippen LogP contribution is -2.60. The van der Waals surface area contributed by atoms with Gasteiger partial charge in [0.25, 0.3) is 5.91 Å². The minimum atomic E-state index is -0.665. The van der Waals surface area contributed by atoms with Gasteiger partial charge in [0.05, 0.1) is 0 Å². The van der Waals surface area contributed by atoms with E-state index in [0.29, 0.717) is 24.9 Å². The van der Waals surface area contributed by atoms with Crippen LogP contribution < -0.4 is 0 Å². The van der Waals surface area contributed by atoms with E-state index in [0.717, 1.165) is 6.42 Å². The predicted octanol–water partition coefficient (Wildman–Crippen LogP) is 0.379. The summed E-state index contributed by atoms with van der Waals surface area (Å²) < 4.78 is 0. The molecule has 7 heteroatoms. The third-order valence-corrected chi connectivity index (χ3v) is 3.11. The lowest BCUT2D eigenvalue weighted by atomic mass is 10.1. The molecule has 3 amide bonds. The summed E-state index contributed by atoms with van der Waals surface area (Å²) in [5.41, 5.74) is 0. The summed E-state index contributed by atoms with van der Waals surface area (Å²) in [5.74, 6) is 0.665. The Labute approximate surface area is 112 Å². The van der Waals surface area contributed by atoms with E-state index in [1.165, 1.54) is 9.80 Å². The summed E-state index contributed by atoms with van der Waals surface area (Å²) in [6.07, 6.45) is 0.735. The van der Waals surface area contributed by atoms with Gasteiger partial charge in [-0.05, 0) is 13.3 Å². The second-order valence-corrected chi connectivity index (χ2v) is 4.71. The highest BCUT2D eigenvalue weighted by Crippen LogP contribution is 2.21. The largest absolute Gasteiger partial charge is 0.347 e. The molecule has 1 saturated heterocycles. The van der Waals surface area contributed by atoms with Crippen molar-refractivity contribution in [3.8, 4) is 0 Å². The van der Waals surface area contributed by atoms with Crippen LogP contribution in [-0.4, -0.2) is 71.7 Å². The number of rotatable bonds is 3. The van der Waals surface area contributed by atoms with Crippen LogP contribution in [0, 0.1) is 0 Å². The molecule has 19 heavy (non-hydrogen) atoms. The molecule has 0 aromatic heterocycles. The van der Waals surface area contributed by atoms with Gasteiger partial charge in [0.1, 0.15) is 0 Å². The number of amidine groups is 1. The summed E-state index contributed by atoms with van der Waals surface area (Å²) in [6, 6.07) is -0.957. The molecule has 0 saturated carbocycles. The van der Waals surface area contributed by atoms with Crippen molar-refractivity contribution in [2.45, 2.75) is 26.3 Å². The van der Waals surface area contributed by atoms with Gasteiger partial charge in [0.2, 0.25) is 5.96 Å². The Kier molecular flexibility index (Phi) is 3.55. The minimum Gasteiger partial charge on any atom is -0.347 e. The van der Waals surface area contributed by atoms with E-state index in [9.17, 15) is 9.59 Å². The van der Waals surface area contributed by atoms with Crippen LogP contribution in [0.4, 0.5) is 4.79 Å². The molecular formula is C12H19N5O2. The molecule has 2 heterocycles. The summed E-state index contributed by atoms with van der Waals surface area (Å²) >= 11 is 0. The third-order valence-electron chi connectivity index (χ3n) is 3.11. The van der Waals surface area contributed by atoms with Gasteiger partial charge in [-0.1, -0.05) is 6.92 Å². The van der Waals surface area contributed by atoms with Gasteiger partial charge in [0.15, 0.2) is 11.9 Å². The van der Waals surface area contributed by atoms with Gasteiger partial charge >= 0.3 is 6.03 Å². The van der Waals surface area contributed by atoms with Crippen LogP contribution in [0.2, 0.25) is 0 Å². The van der Waals surface area contributed by atoms with Crippen molar-refractivity contribution < 1.29 is 9.59 Å². The van der Waals surface area contributed by atoms with Crippen LogP contribution >= 0.6 is 0 Å². The van der Waals surface area contributed by atoms with Gasteiger partial charge < -0.3 is 4.90 Å². The second kappa shape index (κ2) is 4.99. The Balaban J connectivity index is 2.38. The zero-order valence-corrected chi connectivity index (χ0v) is 11.8. The molecule has 104 valence electrons. The topological polar surface area (TPSA) is 68.6 Å². The monoisotopic (exact) mass is 265 g/mol. The molecule has 0 radical (unpaired) electrons. The van der Waals surface area contributed by atoms with Crippen LogP contribution in [0.25, 0.3) is 0 Å². The minimum absolute atomic E-state index is 0.271. The Hall–Kier alpha value is -1.92. The molecule has 0 spiro atoms. The molecule has 2 aliphatic heterocycles. The molecule has 0 aromatic rings. The summed E-state index contributed by atoms with van der Waals surface area (Å²) in [7, 11) is 3.62. The maximum Gasteiger partial charge on any atom is 0.332 e. The number of fused-ring (bicyclic) bond motifs is 1. The van der Waals surface area contributed by atoms with E-state index in [1.807, 2.05) is 27.9 Å². The zero-order chi connectivity index (χ0) is 14.2. The standard InChI is InChI=1S/C12H19N5O2/c1-5-7-17-10(18)8-9(16(6-2)12(17)19)14-11(13-8)15(3)4/h8H,5-7H2,1-4H3. The molecule has 1 fully saturated rings. The molecular weight excluding hydrogens is 246 g/mol. The molecule has 2 rings (SSSR count). The van der Waals surface area contributed by atoms with Crippen molar-refractivity contribution in [2.75, 3.05) is 27.2 Å². The van der Waals surface area contributed by atoms with Crippen molar-refractivity contribution in [2.24, 2.45) is 9.98 Å². The number of guanidine groups is 1. The van der Waals surface area contributed by atoms with E-state index in [-0.39, 0.29) is 11.9 Å². The maximum atomic E-state index is 12.3. The normalized spacial score (nSPS) is 22.4. The van der Waals surface area contributed by atoms with Gasteiger partial charge in [-0.3, -0.25) is 14.6 Å². The van der Waals surface area contributed by atoms with Crippen molar-refractivity contribution >= 4 is 23.7 Å². The number of urea groups is 1. The third kappa shape index (κ3) is 2.09. The highest BCUT2D eigenvalue weighted by Gasteiger charge is 2.45. The van der Waals surface area contributed by atoms with Crippen LogP contribution in [0.15, 0.2) is 9.98 Å². The fourth-order valence-electron chi connectivity index (χ4n) is 2.17. The smallest absolute Gasteiger partial charge is 0.332 e. The predicted molar refractivity (Wildman–Crippen MR) is 72.1 cm³/mol. The van der Waals surface area contributed by atoms with Crippen LogP contribution in [0.1, 0.15) is 20.3 Å². The number of hydrogen-bond donors (Lipinski definition) is 0. The number of likely N-dealkylation sites (N-methyl/N-ethyl adjacent to an activating group) is 1. The quantitative estimate of drug-likeness (QED) is 0.740. The molecule has 1 unspecified atom stereocenters. The number of nitrogens with zero attached hydrogens (tertiary/aromatic N) is 5. The van der Waals surface area contributed by atoms with Crippen molar-refractivity contribution in [3.05, 3.63) is 0 Å². The molecule has 7 nitrogen and oxygen atoms in total. The first-order chi connectivity index (χ1) is 9.01. The number of aliphatic imine (C=N–C) groups is 2. The maximum absolute atomic E-state index is 12.3. The van der Waals surface area contributed by atoms with E-state index in [2.05, 4.69) is 9.98 Å². The number of amides is 3. The average molecular weight is 265 g/mol. The van der Waals surface area contributed by atoms with Crippen LogP contribution in [0.3, 0.4) is 0 Å². The lowest BCUT2D eigenvalue weighted by molar-refractivity contribution is -0.129. The van der Waals surface area contributed by atoms with E-state index < -0.39 is 6.04 Å². The molecule has 2 aliphatic rings. The average Bonchev–Trinajstić information content (AvgIpc) is 2.80. The molecule has 0 aromatic carbocycles. The molecule has 0 N–H and O–H groups in total. The Morgan fingerprint density at radius 1 is 1.21 bits per heavy atom. The Morgan fingerprint density at radius 3 is 2.42 bits per heavy atom. The molecule has 0 aliphatic carbocycles. The fraction of sp³-hybridized carbons (Fsp3) is 0.667. The zero-order valence-electron chi connectivity index (χ0n) is 11.8. The molecule has 1 atom stereocenters. The number of imide groups is 1.